The van der Waals surface area contributed by atoms with Crippen molar-refractivity contribution in [2.45, 2.75) is 27.3 Å². The maximum atomic E-state index is 11.8. The van der Waals surface area contributed by atoms with E-state index in [2.05, 4.69) is 16.0 Å². The maximum absolute atomic E-state index is 11.8. The van der Waals surface area contributed by atoms with Crippen LogP contribution >= 0.6 is 0 Å². The Hall–Kier alpha value is -2.89. The molecule has 0 atom stereocenters. The molecule has 0 aliphatic carbocycles. The van der Waals surface area contributed by atoms with Crippen molar-refractivity contribution < 1.29 is 9.59 Å². The lowest BCUT2D eigenvalue weighted by atomic mass is 10.1. The number of benzene rings is 1. The molecule has 0 saturated carbocycles. The summed E-state index contributed by atoms with van der Waals surface area (Å²) in [5.41, 5.74) is 8.49. The average Bonchev–Trinajstić information content (AvgIpc) is 2.82. The molecule has 1 aromatic heterocycles. The van der Waals surface area contributed by atoms with Crippen LogP contribution in [0.4, 0.5) is 0 Å². The largest absolute Gasteiger partial charge is 0.271 e. The van der Waals surface area contributed by atoms with Crippen LogP contribution < -0.4 is 10.9 Å². The second-order valence-corrected chi connectivity index (χ2v) is 5.31. The van der Waals surface area contributed by atoms with Gasteiger partial charge in [-0.3, -0.25) is 25.1 Å². The van der Waals surface area contributed by atoms with Gasteiger partial charge in [0.2, 0.25) is 0 Å². The van der Waals surface area contributed by atoms with Crippen molar-refractivity contribution in [2.24, 2.45) is 0 Å². The lowest BCUT2D eigenvalue weighted by Crippen LogP contribution is -2.42. The Morgan fingerprint density at radius 2 is 1.91 bits per heavy atom. The fourth-order valence-corrected chi connectivity index (χ4v) is 2.12. The number of nitrogens with zero attached hydrogens (tertiary/aromatic N) is 2. The molecule has 2 N–H and O–H groups in total. The third kappa shape index (κ3) is 4.81. The van der Waals surface area contributed by atoms with Crippen molar-refractivity contribution in [1.82, 2.24) is 20.6 Å². The SMILES string of the molecule is Cc1cc(C)n(CC(=O)NNC(=O)/C=C/c2ccccc2C)n1. The highest BCUT2D eigenvalue weighted by Crippen LogP contribution is 2.08. The van der Waals surface area contributed by atoms with Crippen LogP contribution in [0.2, 0.25) is 0 Å². The summed E-state index contributed by atoms with van der Waals surface area (Å²) in [7, 11) is 0. The lowest BCUT2D eigenvalue weighted by Gasteiger charge is -2.07. The van der Waals surface area contributed by atoms with Gasteiger partial charge in [-0.1, -0.05) is 24.3 Å². The van der Waals surface area contributed by atoms with Crippen molar-refractivity contribution in [2.75, 3.05) is 0 Å². The summed E-state index contributed by atoms with van der Waals surface area (Å²) in [6, 6.07) is 9.61. The summed E-state index contributed by atoms with van der Waals surface area (Å²) in [6.07, 6.45) is 3.09. The third-order valence-corrected chi connectivity index (χ3v) is 3.32. The van der Waals surface area contributed by atoms with Crippen LogP contribution in [0, 0.1) is 20.8 Å². The molecule has 0 spiro atoms. The van der Waals surface area contributed by atoms with E-state index < -0.39 is 5.91 Å². The van der Waals surface area contributed by atoms with E-state index in [-0.39, 0.29) is 12.5 Å². The first-order valence-corrected chi connectivity index (χ1v) is 7.29. The Morgan fingerprint density at radius 3 is 2.57 bits per heavy atom. The first-order chi connectivity index (χ1) is 11.0. The second kappa shape index (κ2) is 7.40. The van der Waals surface area contributed by atoms with Crippen molar-refractivity contribution in [3.8, 4) is 0 Å². The molecule has 0 saturated heterocycles. The van der Waals surface area contributed by atoms with Gasteiger partial charge in [-0.15, -0.1) is 0 Å². The maximum Gasteiger partial charge on any atom is 0.262 e. The quantitative estimate of drug-likeness (QED) is 0.666. The van der Waals surface area contributed by atoms with Crippen molar-refractivity contribution in [3.05, 3.63) is 58.9 Å². The number of amides is 2. The molecule has 0 unspecified atom stereocenters. The molecule has 2 amide bonds. The number of aromatic nitrogens is 2. The minimum atomic E-state index is -0.394. The van der Waals surface area contributed by atoms with Crippen molar-refractivity contribution >= 4 is 17.9 Å². The van der Waals surface area contributed by atoms with E-state index in [0.717, 1.165) is 22.5 Å². The Labute approximate surface area is 135 Å². The molecule has 23 heavy (non-hydrogen) atoms. The summed E-state index contributed by atoms with van der Waals surface area (Å²) in [5, 5.41) is 4.19. The van der Waals surface area contributed by atoms with E-state index in [1.807, 2.05) is 51.1 Å². The predicted octanol–water partition coefficient (Wildman–Crippen LogP) is 1.67. The Kier molecular flexibility index (Phi) is 5.30. The van der Waals surface area contributed by atoms with Gasteiger partial charge in [0.25, 0.3) is 11.8 Å². The zero-order valence-corrected chi connectivity index (χ0v) is 13.5. The molecule has 1 aromatic carbocycles. The summed E-state index contributed by atoms with van der Waals surface area (Å²) in [5.74, 6) is -0.733. The molecule has 6 heteroatoms. The van der Waals surface area contributed by atoms with Crippen LogP contribution in [0.25, 0.3) is 6.08 Å². The first kappa shape index (κ1) is 16.5. The highest BCUT2D eigenvalue weighted by Gasteiger charge is 2.07. The smallest absolute Gasteiger partial charge is 0.262 e. The molecule has 0 aliphatic rings. The molecule has 120 valence electrons. The highest BCUT2D eigenvalue weighted by molar-refractivity contribution is 5.93. The van der Waals surface area contributed by atoms with Crippen LogP contribution in [-0.4, -0.2) is 21.6 Å². The second-order valence-electron chi connectivity index (χ2n) is 5.31. The van der Waals surface area contributed by atoms with E-state index in [1.54, 1.807) is 10.8 Å². The van der Waals surface area contributed by atoms with E-state index in [1.165, 1.54) is 6.08 Å². The van der Waals surface area contributed by atoms with Crippen LogP contribution in [0.3, 0.4) is 0 Å². The van der Waals surface area contributed by atoms with E-state index in [9.17, 15) is 9.59 Å². The highest BCUT2D eigenvalue weighted by atomic mass is 16.2. The molecule has 6 nitrogen and oxygen atoms in total. The van der Waals surface area contributed by atoms with Crippen LogP contribution in [-0.2, 0) is 16.1 Å². The lowest BCUT2D eigenvalue weighted by molar-refractivity contribution is -0.127. The number of rotatable bonds is 4. The third-order valence-electron chi connectivity index (χ3n) is 3.32. The fraction of sp³-hybridized carbons (Fsp3) is 0.235. The topological polar surface area (TPSA) is 76.0 Å². The summed E-state index contributed by atoms with van der Waals surface area (Å²) >= 11 is 0. The fourth-order valence-electron chi connectivity index (χ4n) is 2.12. The molecule has 1 heterocycles. The molecule has 0 bridgehead atoms. The van der Waals surface area contributed by atoms with Gasteiger partial charge in [0, 0.05) is 11.8 Å². The number of hydrogen-bond acceptors (Lipinski definition) is 3. The van der Waals surface area contributed by atoms with Gasteiger partial charge >= 0.3 is 0 Å². The zero-order chi connectivity index (χ0) is 16.8. The Balaban J connectivity index is 1.83. The van der Waals surface area contributed by atoms with Crippen LogP contribution in [0.5, 0.6) is 0 Å². The number of hydrazine groups is 1. The molecular formula is C17H20N4O2. The molecule has 0 radical (unpaired) electrons. The van der Waals surface area contributed by atoms with Gasteiger partial charge in [0.1, 0.15) is 6.54 Å². The van der Waals surface area contributed by atoms with Crippen molar-refractivity contribution in [3.63, 3.8) is 0 Å². The number of nitrogens with one attached hydrogen (secondary N) is 2. The van der Waals surface area contributed by atoms with Crippen LogP contribution in [0.1, 0.15) is 22.5 Å². The van der Waals surface area contributed by atoms with E-state index >= 15 is 0 Å². The number of carbonyl (C=O) groups excluding carboxylic acids is 2. The van der Waals surface area contributed by atoms with Crippen LogP contribution in [0.15, 0.2) is 36.4 Å². The monoisotopic (exact) mass is 312 g/mol. The molecular weight excluding hydrogens is 292 g/mol. The Bertz CT molecular complexity index is 747. The van der Waals surface area contributed by atoms with Crippen molar-refractivity contribution in [1.29, 1.82) is 0 Å². The minimum Gasteiger partial charge on any atom is -0.271 e. The van der Waals surface area contributed by atoms with E-state index in [4.69, 9.17) is 0 Å². The summed E-state index contributed by atoms with van der Waals surface area (Å²) in [4.78, 5) is 23.5. The minimum absolute atomic E-state index is 0.0570. The Morgan fingerprint density at radius 1 is 1.17 bits per heavy atom. The summed E-state index contributed by atoms with van der Waals surface area (Å²) < 4.78 is 1.58. The normalized spacial score (nSPS) is 10.7. The standard InChI is InChI=1S/C17H20N4O2/c1-12-6-4-5-7-15(12)8-9-16(22)18-19-17(23)11-21-14(3)10-13(2)20-21/h4-10H,11H2,1-3H3,(H,18,22)(H,19,23)/b9-8+. The van der Waals surface area contributed by atoms with Gasteiger partial charge < -0.3 is 0 Å². The average molecular weight is 312 g/mol. The van der Waals surface area contributed by atoms with Gasteiger partial charge in [0.05, 0.1) is 5.69 Å². The summed E-state index contributed by atoms with van der Waals surface area (Å²) in [6.45, 7) is 5.76. The number of carbonyl (C=O) groups is 2. The molecule has 0 fully saturated rings. The molecule has 2 rings (SSSR count). The van der Waals surface area contributed by atoms with E-state index in [0.29, 0.717) is 0 Å². The zero-order valence-electron chi connectivity index (χ0n) is 13.5. The van der Waals surface area contributed by atoms with Gasteiger partial charge in [-0.25, -0.2) is 0 Å². The number of aryl methyl sites for hydroxylation is 3. The molecule has 2 aromatic rings. The number of hydrogen-bond donors (Lipinski definition) is 2. The van der Waals surface area contributed by atoms with Gasteiger partial charge in [0.15, 0.2) is 0 Å². The van der Waals surface area contributed by atoms with Gasteiger partial charge in [-0.2, -0.15) is 5.10 Å². The first-order valence-electron chi connectivity index (χ1n) is 7.29. The predicted molar refractivity (Wildman–Crippen MR) is 88.2 cm³/mol. The molecule has 0 aliphatic heterocycles. The van der Waals surface area contributed by atoms with Gasteiger partial charge in [-0.05, 0) is 44.0 Å².